The van der Waals surface area contributed by atoms with Crippen LogP contribution in [0, 0.1) is 0 Å². The van der Waals surface area contributed by atoms with Crippen molar-refractivity contribution in [3.63, 3.8) is 0 Å². The average molecular weight is 380 g/mol. The van der Waals surface area contributed by atoms with Crippen molar-refractivity contribution >= 4 is 22.2 Å². The molecule has 0 unspecified atom stereocenters. The highest BCUT2D eigenvalue weighted by Gasteiger charge is 2.19. The number of aryl methyl sites for hydroxylation is 2. The molecule has 1 N–H and O–H groups in total. The summed E-state index contributed by atoms with van der Waals surface area (Å²) in [6.45, 7) is 5.11. The third-order valence-electron chi connectivity index (χ3n) is 4.30. The Labute approximate surface area is 160 Å². The first kappa shape index (κ1) is 17.4. The second-order valence-electron chi connectivity index (χ2n) is 6.06. The first-order valence-electron chi connectivity index (χ1n) is 8.94. The smallest absolute Gasteiger partial charge is 0.272 e. The Balaban J connectivity index is 1.66. The predicted molar refractivity (Wildman–Crippen MR) is 105 cm³/mol. The summed E-state index contributed by atoms with van der Waals surface area (Å²) in [5.41, 5.74) is 3.13. The number of carbonyl (C=O) groups excluding carboxylic acids is 1. The molecule has 3 aromatic heterocycles. The number of carbonyl (C=O) groups is 1. The van der Waals surface area contributed by atoms with Crippen LogP contribution in [-0.2, 0) is 19.5 Å². The molecule has 0 bridgehead atoms. The lowest BCUT2D eigenvalue weighted by Gasteiger charge is -2.06. The third-order valence-corrected chi connectivity index (χ3v) is 5.35. The van der Waals surface area contributed by atoms with Gasteiger partial charge in [0, 0.05) is 18.3 Å². The van der Waals surface area contributed by atoms with Gasteiger partial charge in [-0.05, 0) is 19.4 Å². The minimum Gasteiger partial charge on any atom is -0.345 e. The van der Waals surface area contributed by atoms with Crippen LogP contribution in [-0.4, -0.2) is 30.3 Å². The van der Waals surface area contributed by atoms with Crippen molar-refractivity contribution in [2.24, 2.45) is 0 Å². The molecule has 0 radical (unpaired) electrons. The summed E-state index contributed by atoms with van der Waals surface area (Å²) >= 11 is 1.58. The molecule has 0 spiro atoms. The van der Waals surface area contributed by atoms with Crippen molar-refractivity contribution in [2.45, 2.75) is 33.4 Å². The van der Waals surface area contributed by atoms with E-state index in [0.717, 1.165) is 39.9 Å². The predicted octanol–water partition coefficient (Wildman–Crippen LogP) is 3.17. The maximum Gasteiger partial charge on any atom is 0.272 e. The monoisotopic (exact) mass is 380 g/mol. The summed E-state index contributed by atoms with van der Waals surface area (Å²) in [6.07, 6.45) is 2.66. The number of fused-ring (bicyclic) bond motifs is 1. The van der Waals surface area contributed by atoms with Crippen LogP contribution in [0.2, 0.25) is 0 Å². The molecule has 0 aliphatic heterocycles. The van der Waals surface area contributed by atoms with E-state index in [1.807, 2.05) is 41.8 Å². The summed E-state index contributed by atoms with van der Waals surface area (Å²) in [4.78, 5) is 18.1. The van der Waals surface area contributed by atoms with Crippen molar-refractivity contribution < 1.29 is 4.79 Å². The number of hydrogen-bond acceptors (Lipinski definition) is 5. The number of rotatable bonds is 6. The highest BCUT2D eigenvalue weighted by molar-refractivity contribution is 7.16. The van der Waals surface area contributed by atoms with E-state index in [0.29, 0.717) is 12.2 Å². The van der Waals surface area contributed by atoms with Gasteiger partial charge >= 0.3 is 0 Å². The first-order chi connectivity index (χ1) is 13.2. The lowest BCUT2D eigenvalue weighted by Crippen LogP contribution is -2.24. The van der Waals surface area contributed by atoms with Gasteiger partial charge in [0.25, 0.3) is 5.91 Å². The molecule has 1 amide bonds. The summed E-state index contributed by atoms with van der Waals surface area (Å²) in [5.74, 6) is -0.206. The maximum atomic E-state index is 12.5. The van der Waals surface area contributed by atoms with E-state index in [9.17, 15) is 4.79 Å². The van der Waals surface area contributed by atoms with Crippen LogP contribution in [0.5, 0.6) is 0 Å². The molecule has 7 nitrogen and oxygen atoms in total. The SMILES string of the molecule is CCc1nn2c(CNC(=O)c3ccn(CC)n3)c(-c3ccccc3)nc2s1. The van der Waals surface area contributed by atoms with Gasteiger partial charge < -0.3 is 5.32 Å². The molecule has 3 heterocycles. The number of imidazole rings is 1. The molecule has 1 aromatic carbocycles. The Morgan fingerprint density at radius 2 is 1.96 bits per heavy atom. The normalized spacial score (nSPS) is 11.2. The molecule has 8 heteroatoms. The molecule has 0 saturated heterocycles. The average Bonchev–Trinajstić information content (AvgIpc) is 3.41. The van der Waals surface area contributed by atoms with Gasteiger partial charge in [0.15, 0.2) is 0 Å². The number of nitrogens with one attached hydrogen (secondary N) is 1. The molecule has 0 fully saturated rings. The van der Waals surface area contributed by atoms with Gasteiger partial charge in [-0.15, -0.1) is 0 Å². The van der Waals surface area contributed by atoms with E-state index in [2.05, 4.69) is 22.4 Å². The van der Waals surface area contributed by atoms with Crippen molar-refractivity contribution in [2.75, 3.05) is 0 Å². The van der Waals surface area contributed by atoms with Crippen molar-refractivity contribution in [1.82, 2.24) is 29.7 Å². The zero-order chi connectivity index (χ0) is 18.8. The van der Waals surface area contributed by atoms with Crippen molar-refractivity contribution in [1.29, 1.82) is 0 Å². The largest absolute Gasteiger partial charge is 0.345 e. The molecule has 0 aliphatic carbocycles. The number of amides is 1. The molecule has 0 atom stereocenters. The second-order valence-corrected chi connectivity index (χ2v) is 7.10. The van der Waals surface area contributed by atoms with Gasteiger partial charge in [-0.1, -0.05) is 48.6 Å². The lowest BCUT2D eigenvalue weighted by molar-refractivity contribution is 0.0944. The van der Waals surface area contributed by atoms with E-state index in [1.165, 1.54) is 0 Å². The third kappa shape index (κ3) is 3.35. The van der Waals surface area contributed by atoms with Gasteiger partial charge in [0.2, 0.25) is 4.96 Å². The number of hydrogen-bond donors (Lipinski definition) is 1. The quantitative estimate of drug-likeness (QED) is 0.557. The molecule has 0 saturated carbocycles. The van der Waals surface area contributed by atoms with Crippen LogP contribution in [0.3, 0.4) is 0 Å². The molecule has 27 heavy (non-hydrogen) atoms. The van der Waals surface area contributed by atoms with Gasteiger partial charge in [-0.25, -0.2) is 9.50 Å². The second kappa shape index (κ2) is 7.32. The van der Waals surface area contributed by atoms with Crippen LogP contribution >= 0.6 is 11.3 Å². The van der Waals surface area contributed by atoms with Crippen LogP contribution in [0.1, 0.15) is 35.0 Å². The summed E-state index contributed by atoms with van der Waals surface area (Å²) < 4.78 is 3.58. The van der Waals surface area contributed by atoms with Crippen molar-refractivity contribution in [3.05, 3.63) is 59.0 Å². The molecular formula is C19H20N6OS. The number of nitrogens with zero attached hydrogens (tertiary/aromatic N) is 5. The molecule has 0 aliphatic rings. The summed E-state index contributed by atoms with van der Waals surface area (Å²) in [5, 5.41) is 12.9. The van der Waals surface area contributed by atoms with E-state index in [-0.39, 0.29) is 5.91 Å². The minimum absolute atomic E-state index is 0.206. The minimum atomic E-state index is -0.206. The van der Waals surface area contributed by atoms with E-state index >= 15 is 0 Å². The van der Waals surface area contributed by atoms with Crippen LogP contribution in [0.25, 0.3) is 16.2 Å². The molecule has 138 valence electrons. The number of benzene rings is 1. The van der Waals surface area contributed by atoms with Gasteiger partial charge in [0.05, 0.1) is 17.9 Å². The maximum absolute atomic E-state index is 12.5. The zero-order valence-electron chi connectivity index (χ0n) is 15.2. The first-order valence-corrected chi connectivity index (χ1v) is 9.75. The lowest BCUT2D eigenvalue weighted by atomic mass is 10.1. The topological polar surface area (TPSA) is 77.1 Å². The van der Waals surface area contributed by atoms with Crippen LogP contribution in [0.15, 0.2) is 42.6 Å². The fraction of sp³-hybridized carbons (Fsp3) is 0.263. The van der Waals surface area contributed by atoms with E-state index < -0.39 is 0 Å². The van der Waals surface area contributed by atoms with Crippen LogP contribution in [0.4, 0.5) is 0 Å². The number of aromatic nitrogens is 5. The standard InChI is InChI=1S/C19H20N6OS/c1-3-16-23-25-15(12-20-18(26)14-10-11-24(4-2)22-14)17(21-19(25)27-16)13-8-6-5-7-9-13/h5-11H,3-4,12H2,1-2H3,(H,20,26). The zero-order valence-corrected chi connectivity index (χ0v) is 16.0. The fourth-order valence-electron chi connectivity index (χ4n) is 2.87. The Morgan fingerprint density at radius 3 is 2.67 bits per heavy atom. The Hall–Kier alpha value is -3.00. The van der Waals surface area contributed by atoms with Crippen molar-refractivity contribution in [3.8, 4) is 11.3 Å². The molecular weight excluding hydrogens is 360 g/mol. The van der Waals surface area contributed by atoms with Gasteiger partial charge in [-0.2, -0.15) is 10.2 Å². The Bertz CT molecular complexity index is 1080. The Morgan fingerprint density at radius 1 is 1.15 bits per heavy atom. The highest BCUT2D eigenvalue weighted by atomic mass is 32.1. The Kier molecular flexibility index (Phi) is 4.72. The highest BCUT2D eigenvalue weighted by Crippen LogP contribution is 2.27. The molecule has 4 rings (SSSR count). The van der Waals surface area contributed by atoms with Gasteiger partial charge in [-0.3, -0.25) is 9.48 Å². The van der Waals surface area contributed by atoms with E-state index in [4.69, 9.17) is 4.98 Å². The van der Waals surface area contributed by atoms with Crippen LogP contribution < -0.4 is 5.32 Å². The summed E-state index contributed by atoms with van der Waals surface area (Å²) in [7, 11) is 0. The van der Waals surface area contributed by atoms with E-state index in [1.54, 1.807) is 28.3 Å². The summed E-state index contributed by atoms with van der Waals surface area (Å²) in [6, 6.07) is 11.7. The fourth-order valence-corrected chi connectivity index (χ4v) is 3.72. The molecule has 4 aromatic rings. The van der Waals surface area contributed by atoms with Gasteiger partial charge in [0.1, 0.15) is 10.7 Å².